The van der Waals surface area contributed by atoms with Gasteiger partial charge < -0.3 is 30.8 Å². The van der Waals surface area contributed by atoms with Crippen LogP contribution in [0.15, 0.2) is 91.0 Å². The number of benzene rings is 3. The van der Waals surface area contributed by atoms with Gasteiger partial charge in [0.1, 0.15) is 0 Å². The molecule has 1 aromatic heterocycles. The Balaban J connectivity index is 1.79. The standard InChI is InChI=1S/C21H15N6O3/c28-25(16-10-4-1-5-11-16)19-22-20(26(29)17-12-6-2-7-13-17)24-21(23-19)27(30)18-14-8-3-9-15-18/h1-15H/q-3. The van der Waals surface area contributed by atoms with Gasteiger partial charge in [0.2, 0.25) is 17.8 Å². The third-order valence-electron chi connectivity index (χ3n) is 4.12. The molecule has 0 unspecified atom stereocenters. The van der Waals surface area contributed by atoms with Crippen LogP contribution in [-0.2, 0) is 0 Å². The van der Waals surface area contributed by atoms with E-state index in [9.17, 15) is 15.6 Å². The molecule has 9 nitrogen and oxygen atoms in total. The first-order chi connectivity index (χ1) is 14.6. The first-order valence-electron chi connectivity index (χ1n) is 8.96. The molecule has 0 N–H and O–H groups in total. The molecule has 4 rings (SSSR count). The van der Waals surface area contributed by atoms with Crippen LogP contribution < -0.4 is 15.2 Å². The van der Waals surface area contributed by atoms with Gasteiger partial charge in [0.05, 0.1) is 0 Å². The molecule has 0 spiro atoms. The van der Waals surface area contributed by atoms with Gasteiger partial charge in [0.15, 0.2) is 0 Å². The predicted molar refractivity (Wildman–Crippen MR) is 116 cm³/mol. The molecule has 0 fully saturated rings. The van der Waals surface area contributed by atoms with Crippen LogP contribution in [0.2, 0.25) is 0 Å². The normalized spacial score (nSPS) is 10.5. The molecule has 150 valence electrons. The highest BCUT2D eigenvalue weighted by atomic mass is 16.5. The zero-order chi connectivity index (χ0) is 20.9. The van der Waals surface area contributed by atoms with Gasteiger partial charge >= 0.3 is 0 Å². The van der Waals surface area contributed by atoms with Crippen molar-refractivity contribution in [2.75, 3.05) is 15.2 Å². The Hall–Kier alpha value is -4.05. The molecule has 0 saturated heterocycles. The van der Waals surface area contributed by atoms with Crippen molar-refractivity contribution in [3.05, 3.63) is 107 Å². The second kappa shape index (κ2) is 8.53. The molecule has 0 radical (unpaired) electrons. The van der Waals surface area contributed by atoms with Crippen molar-refractivity contribution >= 4 is 34.9 Å². The number of rotatable bonds is 6. The molecule has 0 atom stereocenters. The van der Waals surface area contributed by atoms with Crippen molar-refractivity contribution in [2.45, 2.75) is 0 Å². The summed E-state index contributed by atoms with van der Waals surface area (Å²) in [7, 11) is 0. The smallest absolute Gasteiger partial charge is 0.225 e. The molecule has 3 aromatic carbocycles. The predicted octanol–water partition coefficient (Wildman–Crippen LogP) is 4.78. The van der Waals surface area contributed by atoms with Gasteiger partial charge in [-0.3, -0.25) is 0 Å². The molecule has 1 heterocycles. The minimum Gasteiger partial charge on any atom is -0.752 e. The highest BCUT2D eigenvalue weighted by Gasteiger charge is 2.13. The summed E-state index contributed by atoms with van der Waals surface area (Å²) in [6, 6.07) is 24.7. The van der Waals surface area contributed by atoms with Crippen molar-refractivity contribution in [1.82, 2.24) is 15.0 Å². The second-order valence-electron chi connectivity index (χ2n) is 6.13. The van der Waals surface area contributed by atoms with E-state index in [1.165, 1.54) is 0 Å². The lowest BCUT2D eigenvalue weighted by molar-refractivity contribution is 0.960. The zero-order valence-electron chi connectivity index (χ0n) is 15.6. The van der Waals surface area contributed by atoms with Gasteiger partial charge in [-0.1, -0.05) is 54.6 Å². The third-order valence-corrected chi connectivity index (χ3v) is 4.12. The summed E-state index contributed by atoms with van der Waals surface area (Å²) in [5, 5.41) is 39.7. The third kappa shape index (κ3) is 4.03. The quantitative estimate of drug-likeness (QED) is 0.422. The lowest BCUT2D eigenvalue weighted by atomic mass is 10.3. The fourth-order valence-corrected chi connectivity index (χ4v) is 2.65. The van der Waals surface area contributed by atoms with E-state index < -0.39 is 0 Å². The van der Waals surface area contributed by atoms with E-state index >= 15 is 0 Å². The molecule has 0 amide bonds. The van der Waals surface area contributed by atoms with E-state index in [0.717, 1.165) is 0 Å². The van der Waals surface area contributed by atoms with Gasteiger partial charge in [-0.05, 0) is 36.4 Å². The summed E-state index contributed by atoms with van der Waals surface area (Å²) in [5.41, 5.74) is 0.736. The minimum absolute atomic E-state index is 0.245. The number of aromatic nitrogens is 3. The van der Waals surface area contributed by atoms with Crippen LogP contribution in [0.1, 0.15) is 0 Å². The lowest BCUT2D eigenvalue weighted by Gasteiger charge is -2.35. The molecule has 0 aliphatic rings. The number of para-hydroxylation sites is 3. The maximum Gasteiger partial charge on any atom is 0.225 e. The van der Waals surface area contributed by atoms with Gasteiger partial charge in [0, 0.05) is 17.1 Å². The average Bonchev–Trinajstić information content (AvgIpc) is 2.84. The molecule has 4 aromatic rings. The maximum atomic E-state index is 12.8. The number of hydrogen-bond donors (Lipinski definition) is 0. The molecule has 30 heavy (non-hydrogen) atoms. The van der Waals surface area contributed by atoms with Crippen molar-refractivity contribution in [3.8, 4) is 0 Å². The Labute approximate surface area is 172 Å². The highest BCUT2D eigenvalue weighted by Crippen LogP contribution is 2.29. The first-order valence-corrected chi connectivity index (χ1v) is 8.96. The Bertz CT molecular complexity index is 946. The van der Waals surface area contributed by atoms with E-state index in [2.05, 4.69) is 15.0 Å². The summed E-state index contributed by atoms with van der Waals surface area (Å²) in [5.74, 6) is -1.14. The van der Waals surface area contributed by atoms with Crippen LogP contribution in [0, 0.1) is 15.6 Å². The first kappa shape index (κ1) is 19.3. The molecule has 0 aliphatic carbocycles. The topological polar surface area (TPSA) is 118 Å². The fourth-order valence-electron chi connectivity index (χ4n) is 2.65. The fraction of sp³-hybridized carbons (Fsp3) is 0. The van der Waals surface area contributed by atoms with E-state index in [4.69, 9.17) is 0 Å². The van der Waals surface area contributed by atoms with Crippen molar-refractivity contribution in [2.24, 2.45) is 0 Å². The Morgan fingerprint density at radius 3 is 0.867 bits per heavy atom. The van der Waals surface area contributed by atoms with E-state index in [0.29, 0.717) is 15.2 Å². The molecule has 0 bridgehead atoms. The SMILES string of the molecule is [O-]N(c1ccccc1)c1nc(N([O-])c2ccccc2)nc(N([O-])c2ccccc2)n1. The summed E-state index contributed by atoms with van der Waals surface area (Å²) >= 11 is 0. The van der Waals surface area contributed by atoms with Gasteiger partial charge in [-0.15, -0.1) is 0 Å². The molecular formula is C21H15N6O3-3. The van der Waals surface area contributed by atoms with Gasteiger partial charge in [-0.2, -0.15) is 15.0 Å². The average molecular weight is 399 g/mol. The summed E-state index contributed by atoms with van der Waals surface area (Å²) in [6.45, 7) is 0. The van der Waals surface area contributed by atoms with E-state index in [1.807, 2.05) is 0 Å². The molecule has 9 heteroatoms. The summed E-state index contributed by atoms with van der Waals surface area (Å²) in [4.78, 5) is 12.0. The summed E-state index contributed by atoms with van der Waals surface area (Å²) < 4.78 is 0. The number of anilines is 6. The van der Waals surface area contributed by atoms with Crippen LogP contribution in [0.25, 0.3) is 0 Å². The van der Waals surface area contributed by atoms with Crippen LogP contribution in [0.3, 0.4) is 0 Å². The van der Waals surface area contributed by atoms with Gasteiger partial charge in [0.25, 0.3) is 0 Å². The molecule has 0 saturated carbocycles. The number of nitrogens with zero attached hydrogens (tertiary/aromatic N) is 6. The molecule has 0 aliphatic heterocycles. The van der Waals surface area contributed by atoms with Crippen LogP contribution >= 0.6 is 0 Å². The largest absolute Gasteiger partial charge is 0.752 e. The number of hydrogen-bond acceptors (Lipinski definition) is 9. The Kier molecular flexibility index (Phi) is 5.48. The van der Waals surface area contributed by atoms with Crippen LogP contribution in [-0.4, -0.2) is 15.0 Å². The lowest BCUT2D eigenvalue weighted by Crippen LogP contribution is -2.20. The van der Waals surface area contributed by atoms with Crippen LogP contribution in [0.5, 0.6) is 0 Å². The summed E-state index contributed by atoms with van der Waals surface area (Å²) in [6.07, 6.45) is 0. The Morgan fingerprint density at radius 2 is 0.633 bits per heavy atom. The van der Waals surface area contributed by atoms with E-state index in [-0.39, 0.29) is 34.9 Å². The monoisotopic (exact) mass is 399 g/mol. The zero-order valence-corrected chi connectivity index (χ0v) is 15.6. The second-order valence-corrected chi connectivity index (χ2v) is 6.13. The van der Waals surface area contributed by atoms with Crippen molar-refractivity contribution in [3.63, 3.8) is 0 Å². The minimum atomic E-state index is -0.380. The highest BCUT2D eigenvalue weighted by molar-refractivity contribution is 5.66. The van der Waals surface area contributed by atoms with Gasteiger partial charge in [-0.25, -0.2) is 0 Å². The van der Waals surface area contributed by atoms with Crippen LogP contribution in [0.4, 0.5) is 34.9 Å². The maximum absolute atomic E-state index is 12.8. The van der Waals surface area contributed by atoms with Crippen molar-refractivity contribution < 1.29 is 0 Å². The van der Waals surface area contributed by atoms with E-state index in [1.54, 1.807) is 91.0 Å². The van der Waals surface area contributed by atoms with Crippen molar-refractivity contribution in [1.29, 1.82) is 0 Å². The Morgan fingerprint density at radius 1 is 0.400 bits per heavy atom. The molecular weight excluding hydrogens is 384 g/mol.